The van der Waals surface area contributed by atoms with Gasteiger partial charge in [-0.1, -0.05) is 41.8 Å². The number of halogens is 1. The zero-order valence-electron chi connectivity index (χ0n) is 11.3. The minimum absolute atomic E-state index is 0.0207. The molecule has 0 aromatic heterocycles. The van der Waals surface area contributed by atoms with Crippen LogP contribution in [0.25, 0.3) is 0 Å². The largest absolute Gasteiger partial charge is 0.325 e. The van der Waals surface area contributed by atoms with Gasteiger partial charge in [-0.2, -0.15) is 0 Å². The average molecular weight is 325 g/mol. The van der Waals surface area contributed by atoms with E-state index in [1.807, 2.05) is 24.3 Å². The highest BCUT2D eigenvalue weighted by Crippen LogP contribution is 2.33. The number of nitrogens with one attached hydrogen (secondary N) is 2. The van der Waals surface area contributed by atoms with Gasteiger partial charge in [0.05, 0.1) is 6.54 Å². The van der Waals surface area contributed by atoms with E-state index in [-0.39, 0.29) is 5.91 Å². The summed E-state index contributed by atoms with van der Waals surface area (Å²) in [5.41, 5.74) is 0.830. The fourth-order valence-electron chi connectivity index (χ4n) is 2.16. The minimum Gasteiger partial charge on any atom is -0.325 e. The van der Waals surface area contributed by atoms with E-state index in [4.69, 9.17) is 0 Å². The lowest BCUT2D eigenvalue weighted by molar-refractivity contribution is -0.115. The molecule has 0 spiro atoms. The Morgan fingerprint density at radius 3 is 2.89 bits per heavy atom. The van der Waals surface area contributed by atoms with Crippen molar-refractivity contribution in [2.45, 2.75) is 38.6 Å². The molecule has 1 fully saturated rings. The van der Waals surface area contributed by atoms with Gasteiger partial charge in [0.25, 0.3) is 0 Å². The van der Waals surface area contributed by atoms with Gasteiger partial charge >= 0.3 is 0 Å². The molecular weight excluding hydrogens is 304 g/mol. The van der Waals surface area contributed by atoms with Gasteiger partial charge in [-0.3, -0.25) is 4.79 Å². The van der Waals surface area contributed by atoms with E-state index in [2.05, 4.69) is 33.5 Å². The van der Waals surface area contributed by atoms with E-state index in [0.29, 0.717) is 12.6 Å². The van der Waals surface area contributed by atoms with Crippen molar-refractivity contribution in [2.75, 3.05) is 11.9 Å². The van der Waals surface area contributed by atoms with Crippen LogP contribution in [-0.2, 0) is 4.79 Å². The van der Waals surface area contributed by atoms with Crippen LogP contribution in [0.1, 0.15) is 32.6 Å². The first-order chi connectivity index (χ1) is 9.17. The summed E-state index contributed by atoms with van der Waals surface area (Å²) in [5.74, 6) is 0.915. The SMILES string of the molecule is CCC(CC1CC1)NCC(=O)Nc1cccc(Br)c1. The predicted octanol–water partition coefficient (Wildman–Crippen LogP) is 3.56. The van der Waals surface area contributed by atoms with Crippen LogP contribution in [0.2, 0.25) is 0 Å². The van der Waals surface area contributed by atoms with Gasteiger partial charge in [0.1, 0.15) is 0 Å². The maximum absolute atomic E-state index is 11.9. The lowest BCUT2D eigenvalue weighted by Gasteiger charge is -2.16. The second kappa shape index (κ2) is 7.06. The molecule has 0 radical (unpaired) electrons. The zero-order valence-corrected chi connectivity index (χ0v) is 12.9. The van der Waals surface area contributed by atoms with Crippen LogP contribution in [-0.4, -0.2) is 18.5 Å². The van der Waals surface area contributed by atoms with Gasteiger partial charge in [-0.15, -0.1) is 0 Å². The molecular formula is C15H21BrN2O. The lowest BCUT2D eigenvalue weighted by atomic mass is 10.1. The number of carbonyl (C=O) groups is 1. The van der Waals surface area contributed by atoms with Crippen molar-refractivity contribution in [3.05, 3.63) is 28.7 Å². The van der Waals surface area contributed by atoms with E-state index in [1.165, 1.54) is 19.3 Å². The fourth-order valence-corrected chi connectivity index (χ4v) is 2.56. The summed E-state index contributed by atoms with van der Waals surface area (Å²) in [6, 6.07) is 8.12. The Balaban J connectivity index is 1.74. The van der Waals surface area contributed by atoms with Gasteiger partial charge in [-0.05, 0) is 37.0 Å². The second-order valence-electron chi connectivity index (χ2n) is 5.22. The topological polar surface area (TPSA) is 41.1 Å². The molecule has 4 heteroatoms. The molecule has 1 aliphatic rings. The molecule has 0 aliphatic heterocycles. The number of anilines is 1. The molecule has 0 bridgehead atoms. The van der Waals surface area contributed by atoms with E-state index >= 15 is 0 Å². The third-order valence-electron chi connectivity index (χ3n) is 3.47. The molecule has 2 rings (SSSR count). The fraction of sp³-hybridized carbons (Fsp3) is 0.533. The molecule has 1 amide bonds. The van der Waals surface area contributed by atoms with E-state index in [1.54, 1.807) is 0 Å². The molecule has 1 unspecified atom stereocenters. The summed E-state index contributed by atoms with van der Waals surface area (Å²) in [7, 11) is 0. The maximum Gasteiger partial charge on any atom is 0.238 e. The molecule has 1 atom stereocenters. The van der Waals surface area contributed by atoms with Gasteiger partial charge < -0.3 is 10.6 Å². The Morgan fingerprint density at radius 1 is 1.47 bits per heavy atom. The highest BCUT2D eigenvalue weighted by atomic mass is 79.9. The van der Waals surface area contributed by atoms with Gasteiger partial charge in [0.2, 0.25) is 5.91 Å². The summed E-state index contributed by atoms with van der Waals surface area (Å²) in [5, 5.41) is 6.25. The van der Waals surface area contributed by atoms with Crippen LogP contribution in [0.3, 0.4) is 0 Å². The quantitative estimate of drug-likeness (QED) is 0.805. The summed E-state index contributed by atoms with van der Waals surface area (Å²) < 4.78 is 0.971. The molecule has 3 nitrogen and oxygen atoms in total. The van der Waals surface area contributed by atoms with Crippen molar-refractivity contribution in [1.29, 1.82) is 0 Å². The first-order valence-corrected chi connectivity index (χ1v) is 7.75. The van der Waals surface area contributed by atoms with E-state index in [0.717, 1.165) is 22.5 Å². The van der Waals surface area contributed by atoms with E-state index < -0.39 is 0 Å². The zero-order chi connectivity index (χ0) is 13.7. The summed E-state index contributed by atoms with van der Waals surface area (Å²) >= 11 is 3.39. The molecule has 104 valence electrons. The maximum atomic E-state index is 11.9. The Morgan fingerprint density at radius 2 is 2.26 bits per heavy atom. The van der Waals surface area contributed by atoms with Crippen molar-refractivity contribution < 1.29 is 4.79 Å². The number of hydrogen-bond acceptors (Lipinski definition) is 2. The van der Waals surface area contributed by atoms with Crippen LogP contribution in [0.15, 0.2) is 28.7 Å². The van der Waals surface area contributed by atoms with Crippen LogP contribution in [0.4, 0.5) is 5.69 Å². The average Bonchev–Trinajstić information content (AvgIpc) is 3.18. The highest BCUT2D eigenvalue weighted by molar-refractivity contribution is 9.10. The number of rotatable bonds is 7. The lowest BCUT2D eigenvalue weighted by Crippen LogP contribution is -2.36. The molecule has 1 aromatic carbocycles. The van der Waals surface area contributed by atoms with Crippen LogP contribution >= 0.6 is 15.9 Å². The number of carbonyl (C=O) groups excluding carboxylic acids is 1. The summed E-state index contributed by atoms with van der Waals surface area (Å²) in [6.45, 7) is 2.56. The van der Waals surface area contributed by atoms with Crippen molar-refractivity contribution in [2.24, 2.45) is 5.92 Å². The van der Waals surface area contributed by atoms with Crippen molar-refractivity contribution in [3.8, 4) is 0 Å². The first-order valence-electron chi connectivity index (χ1n) is 6.96. The second-order valence-corrected chi connectivity index (χ2v) is 6.14. The Kier molecular flexibility index (Phi) is 5.40. The number of benzene rings is 1. The number of amides is 1. The van der Waals surface area contributed by atoms with Gasteiger partial charge in [-0.25, -0.2) is 0 Å². The molecule has 1 saturated carbocycles. The van der Waals surface area contributed by atoms with Crippen molar-refractivity contribution in [3.63, 3.8) is 0 Å². The molecule has 2 N–H and O–H groups in total. The molecule has 19 heavy (non-hydrogen) atoms. The molecule has 0 saturated heterocycles. The predicted molar refractivity (Wildman–Crippen MR) is 82.2 cm³/mol. The van der Waals surface area contributed by atoms with E-state index in [9.17, 15) is 4.79 Å². The smallest absolute Gasteiger partial charge is 0.238 e. The summed E-state index contributed by atoms with van der Waals surface area (Å²) in [4.78, 5) is 11.9. The van der Waals surface area contributed by atoms with Crippen LogP contribution in [0.5, 0.6) is 0 Å². The summed E-state index contributed by atoms with van der Waals surface area (Å²) in [6.07, 6.45) is 5.02. The Hall–Kier alpha value is -0.870. The standard InChI is InChI=1S/C15H21BrN2O/c1-2-13(8-11-6-7-11)17-10-15(19)18-14-5-3-4-12(16)9-14/h3-5,9,11,13,17H,2,6-8,10H2,1H3,(H,18,19). The van der Waals surface area contributed by atoms with Crippen LogP contribution in [0, 0.1) is 5.92 Å². The van der Waals surface area contributed by atoms with Gasteiger partial charge in [0, 0.05) is 16.2 Å². The third kappa shape index (κ3) is 5.33. The minimum atomic E-state index is 0.0207. The Bertz CT molecular complexity index is 432. The first kappa shape index (κ1) is 14.5. The van der Waals surface area contributed by atoms with Gasteiger partial charge in [0.15, 0.2) is 0 Å². The van der Waals surface area contributed by atoms with Crippen molar-refractivity contribution >= 4 is 27.5 Å². The third-order valence-corrected chi connectivity index (χ3v) is 3.96. The number of hydrogen-bond donors (Lipinski definition) is 2. The monoisotopic (exact) mass is 324 g/mol. The molecule has 1 aliphatic carbocycles. The molecule has 1 aromatic rings. The van der Waals surface area contributed by atoms with Crippen molar-refractivity contribution in [1.82, 2.24) is 5.32 Å². The normalized spacial score (nSPS) is 16.1. The Labute approximate surface area is 123 Å². The molecule has 0 heterocycles. The van der Waals surface area contributed by atoms with Crippen LogP contribution < -0.4 is 10.6 Å². The highest BCUT2D eigenvalue weighted by Gasteiger charge is 2.24.